The van der Waals surface area contributed by atoms with Crippen LogP contribution in [0, 0.1) is 13.8 Å². The zero-order valence-corrected chi connectivity index (χ0v) is 49.6. The van der Waals surface area contributed by atoms with Crippen molar-refractivity contribution in [2.75, 3.05) is 60.6 Å². The SMILES string of the molecule is COc1cc2nccc(Oc3cnc(CC(=O)c4nn(C5CCOCC5)cc(-c5ccc(C)cc5)c4=O)nc3)c2cc1OC.COc1cc2nccc(Oc3cnc(N)nc3)c2cc1OC.Cc1ccc(-c2cn(C3CCOCC3)nc(C(=O)O)c2=O)cc1. The van der Waals surface area contributed by atoms with Crippen LogP contribution in [0.1, 0.15) is 75.7 Å². The number of carbonyl (C=O) groups is 2. The standard InChI is InChI=1S/C33H31N5O6.C17H18N2O4.C15H14N4O3/c1-20-4-6-21(7-5-20)25-19-38(22-9-12-43-13-10-22)37-32(33(25)40)27(39)16-31-35-17-23(18-36-31)44-28-8-11-34-26-15-30(42-3)29(41-2)14-24(26)28;1-11-2-4-12(5-3-11)14-10-19(13-6-8-23-9-7-13)18-15(16(14)20)17(21)22;1-20-13-5-10-11(6-14(13)21-2)17-4-3-12(10)22-9-7-18-15(16)19-8-9/h4-8,11,14-15,17-19,22H,9-10,12-13,16H2,1-3H3;2-5,10,13H,6-9H2,1H3,(H,21,22);3-8H,1-2H3,(H2,16,18,19). The number of rotatable bonds is 16. The van der Waals surface area contributed by atoms with Gasteiger partial charge in [0.2, 0.25) is 22.5 Å². The average molecular weight is 1210 g/mol. The van der Waals surface area contributed by atoms with E-state index in [1.54, 1.807) is 92.9 Å². The normalized spacial score (nSPS) is 13.3. The molecule has 4 aromatic carbocycles. The second kappa shape index (κ2) is 28.2. The summed E-state index contributed by atoms with van der Waals surface area (Å²) in [5.41, 5.74) is 9.69. The zero-order chi connectivity index (χ0) is 62.6. The van der Waals surface area contributed by atoms with Gasteiger partial charge in [0.25, 0.3) is 0 Å². The Morgan fingerprint density at radius 2 is 0.933 bits per heavy atom. The quantitative estimate of drug-likeness (QED) is 0.0850. The Labute approximate surface area is 509 Å². The van der Waals surface area contributed by atoms with Crippen molar-refractivity contribution in [2.24, 2.45) is 0 Å². The van der Waals surface area contributed by atoms with Crippen molar-refractivity contribution < 1.29 is 52.6 Å². The molecule has 2 aliphatic heterocycles. The molecule has 6 aromatic heterocycles. The molecule has 12 rings (SSSR count). The molecule has 10 aromatic rings. The Morgan fingerprint density at radius 1 is 0.539 bits per heavy atom. The summed E-state index contributed by atoms with van der Waals surface area (Å²) >= 11 is 0. The van der Waals surface area contributed by atoms with E-state index >= 15 is 0 Å². The third kappa shape index (κ3) is 14.6. The van der Waals surface area contributed by atoms with Crippen LogP contribution in [-0.4, -0.2) is 121 Å². The van der Waals surface area contributed by atoms with Crippen LogP contribution >= 0.6 is 0 Å². The third-order valence-corrected chi connectivity index (χ3v) is 14.7. The maximum atomic E-state index is 13.6. The first-order chi connectivity index (χ1) is 43.2. The number of aryl methyl sites for hydroxylation is 2. The molecule has 89 heavy (non-hydrogen) atoms. The highest BCUT2D eigenvalue weighted by atomic mass is 16.5. The van der Waals surface area contributed by atoms with Gasteiger partial charge in [-0.15, -0.1) is 0 Å². The minimum atomic E-state index is -1.30. The number of pyridine rings is 2. The smallest absolute Gasteiger partial charge is 0.360 e. The lowest BCUT2D eigenvalue weighted by molar-refractivity contribution is 0.0631. The summed E-state index contributed by atoms with van der Waals surface area (Å²) in [6.07, 6.45) is 15.5. The Bertz CT molecular complexity index is 4270. The van der Waals surface area contributed by atoms with E-state index in [-0.39, 0.29) is 36.0 Å². The van der Waals surface area contributed by atoms with Gasteiger partial charge in [0, 0.05) is 85.2 Å². The van der Waals surface area contributed by atoms with Crippen molar-refractivity contribution in [3.05, 3.63) is 183 Å². The molecule has 0 amide bonds. The number of benzene rings is 4. The number of carbonyl (C=O) groups excluding carboxylic acids is 1. The predicted molar refractivity (Wildman–Crippen MR) is 329 cm³/mol. The van der Waals surface area contributed by atoms with Crippen LogP contribution in [-0.2, 0) is 15.9 Å². The predicted octanol–water partition coefficient (Wildman–Crippen LogP) is 9.83. The van der Waals surface area contributed by atoms with E-state index in [9.17, 15) is 24.3 Å². The second-order valence-corrected chi connectivity index (χ2v) is 20.6. The lowest BCUT2D eigenvalue weighted by atomic mass is 10.0. The summed E-state index contributed by atoms with van der Waals surface area (Å²) in [7, 11) is 6.28. The third-order valence-electron chi connectivity index (χ3n) is 14.7. The van der Waals surface area contributed by atoms with E-state index in [1.165, 1.54) is 24.8 Å². The van der Waals surface area contributed by atoms with E-state index in [1.807, 2.05) is 68.4 Å². The molecule has 24 heteroatoms. The summed E-state index contributed by atoms with van der Waals surface area (Å²) < 4.78 is 47.5. The number of hydrogen-bond donors (Lipinski definition) is 2. The van der Waals surface area contributed by atoms with Crippen LogP contribution in [0.15, 0.2) is 144 Å². The summed E-state index contributed by atoms with van der Waals surface area (Å²) in [4.78, 5) is 76.1. The van der Waals surface area contributed by atoms with Gasteiger partial charge in [-0.05, 0) is 74.9 Å². The number of anilines is 1. The van der Waals surface area contributed by atoms with Crippen LogP contribution in [0.25, 0.3) is 44.1 Å². The lowest BCUT2D eigenvalue weighted by Crippen LogP contribution is -2.29. The van der Waals surface area contributed by atoms with Gasteiger partial charge in [-0.25, -0.2) is 24.7 Å². The number of aromatic carboxylic acids is 1. The van der Waals surface area contributed by atoms with Gasteiger partial charge in [-0.3, -0.25) is 33.7 Å². The van der Waals surface area contributed by atoms with Crippen molar-refractivity contribution in [3.63, 3.8) is 0 Å². The molecule has 0 radical (unpaired) electrons. The molecule has 456 valence electrons. The number of nitrogens with two attached hydrogens (primary N) is 1. The number of Topliss-reactive ketones (excluding diaryl/α,β-unsaturated/α-hetero) is 1. The van der Waals surface area contributed by atoms with Crippen molar-refractivity contribution >= 4 is 39.5 Å². The summed E-state index contributed by atoms with van der Waals surface area (Å²) in [5, 5.41) is 19.4. The molecule has 0 aliphatic carbocycles. The molecular formula is C65H63N11O13. The number of methoxy groups -OCH3 is 4. The second-order valence-electron chi connectivity index (χ2n) is 20.6. The van der Waals surface area contributed by atoms with E-state index in [0.29, 0.717) is 100 Å². The van der Waals surface area contributed by atoms with E-state index in [0.717, 1.165) is 53.3 Å². The summed E-state index contributed by atoms with van der Waals surface area (Å²) in [5.74, 6) is 2.96. The fourth-order valence-corrected chi connectivity index (χ4v) is 9.91. The monoisotopic (exact) mass is 1210 g/mol. The number of hydrogen-bond acceptors (Lipinski definition) is 21. The van der Waals surface area contributed by atoms with Crippen LogP contribution in [0.3, 0.4) is 0 Å². The van der Waals surface area contributed by atoms with E-state index < -0.39 is 28.3 Å². The molecule has 0 spiro atoms. The topological polar surface area (TPSA) is 301 Å². The largest absolute Gasteiger partial charge is 0.493 e. The van der Waals surface area contributed by atoms with Crippen molar-refractivity contribution in [1.29, 1.82) is 0 Å². The summed E-state index contributed by atoms with van der Waals surface area (Å²) in [6, 6.07) is 25.8. The van der Waals surface area contributed by atoms with Crippen LogP contribution in [0.5, 0.6) is 46.0 Å². The number of carboxylic acid groups (broad SMARTS) is 1. The first kappa shape index (κ1) is 61.4. The van der Waals surface area contributed by atoms with Gasteiger partial charge < -0.3 is 48.7 Å². The number of ether oxygens (including phenoxy) is 8. The Balaban J connectivity index is 0.000000163. The number of nitrogen functional groups attached to an aromatic ring is 1. The highest BCUT2D eigenvalue weighted by Gasteiger charge is 2.25. The number of fused-ring (bicyclic) bond motifs is 2. The average Bonchev–Trinajstić information content (AvgIpc) is 1.06. The van der Waals surface area contributed by atoms with Crippen molar-refractivity contribution in [2.45, 2.75) is 58.0 Å². The maximum Gasteiger partial charge on any atom is 0.360 e. The van der Waals surface area contributed by atoms with Gasteiger partial charge in [-0.2, -0.15) is 10.2 Å². The first-order valence-corrected chi connectivity index (χ1v) is 28.3. The molecule has 8 heterocycles. The highest BCUT2D eigenvalue weighted by molar-refractivity contribution is 5.96. The summed E-state index contributed by atoms with van der Waals surface area (Å²) in [6.45, 7) is 6.36. The Hall–Kier alpha value is -10.7. The number of ketones is 1. The molecule has 0 unspecified atom stereocenters. The van der Waals surface area contributed by atoms with Crippen LogP contribution in [0.2, 0.25) is 0 Å². The van der Waals surface area contributed by atoms with E-state index in [4.69, 9.17) is 43.6 Å². The maximum absolute atomic E-state index is 13.6. The fraction of sp³-hybridized carbons (Fsp3) is 0.262. The Kier molecular flexibility index (Phi) is 19.4. The molecule has 3 N–H and O–H groups in total. The van der Waals surface area contributed by atoms with Gasteiger partial charge in [0.05, 0.1) is 82.8 Å². The van der Waals surface area contributed by atoms with Gasteiger partial charge in [-0.1, -0.05) is 59.7 Å². The minimum absolute atomic E-state index is 0.0260. The molecule has 2 fully saturated rings. The molecule has 0 atom stereocenters. The van der Waals surface area contributed by atoms with E-state index in [2.05, 4.69) is 40.1 Å². The first-order valence-electron chi connectivity index (χ1n) is 28.3. The number of nitrogens with zero attached hydrogens (tertiary/aromatic N) is 10. The Morgan fingerprint density at radius 3 is 1.35 bits per heavy atom. The number of carboxylic acids is 1. The van der Waals surface area contributed by atoms with Gasteiger partial charge in [0.1, 0.15) is 17.3 Å². The molecule has 2 aliphatic rings. The fourth-order valence-electron chi connectivity index (χ4n) is 9.91. The van der Waals surface area contributed by atoms with Gasteiger partial charge in [0.15, 0.2) is 46.0 Å². The molecule has 0 saturated carbocycles. The van der Waals surface area contributed by atoms with Gasteiger partial charge >= 0.3 is 5.97 Å². The highest BCUT2D eigenvalue weighted by Crippen LogP contribution is 2.38. The number of aromatic nitrogens is 10. The van der Waals surface area contributed by atoms with Crippen molar-refractivity contribution in [1.82, 2.24) is 49.5 Å². The molecular weight excluding hydrogens is 1140 g/mol. The van der Waals surface area contributed by atoms with Crippen LogP contribution in [0.4, 0.5) is 5.95 Å². The minimum Gasteiger partial charge on any atom is -0.493 e. The molecule has 2 saturated heterocycles. The molecule has 24 nitrogen and oxygen atoms in total. The lowest BCUT2D eigenvalue weighted by Gasteiger charge is -2.24. The van der Waals surface area contributed by atoms with Crippen LogP contribution < -0.4 is 45.0 Å². The van der Waals surface area contributed by atoms with Crippen molar-refractivity contribution in [3.8, 4) is 68.2 Å². The molecule has 0 bridgehead atoms. The zero-order valence-electron chi connectivity index (χ0n) is 49.6.